The lowest BCUT2D eigenvalue weighted by Crippen LogP contribution is -2.28. The molecule has 5 nitrogen and oxygen atoms in total. The second-order valence-corrected chi connectivity index (χ2v) is 6.39. The average Bonchev–Trinajstić information content (AvgIpc) is 2.98. The molecule has 1 atom stereocenters. The van der Waals surface area contributed by atoms with Crippen molar-refractivity contribution in [3.05, 3.63) is 60.0 Å². The van der Waals surface area contributed by atoms with Gasteiger partial charge < -0.3 is 5.32 Å². The number of aromatic nitrogens is 3. The quantitative estimate of drug-likeness (QED) is 0.713. The zero-order valence-electron chi connectivity index (χ0n) is 13.0. The Labute approximate surface area is 145 Å². The SMILES string of the molecule is CC(NC(=O)c1ccc(SC(F)(F)F)cc1)c1nnc2ccccn12. The topological polar surface area (TPSA) is 59.3 Å². The Morgan fingerprint density at radius 1 is 1.16 bits per heavy atom. The van der Waals surface area contributed by atoms with E-state index < -0.39 is 17.5 Å². The molecule has 0 saturated carbocycles. The standard InChI is InChI=1S/C16H13F3N4OS/c1-10(14-22-21-13-4-2-3-9-23(13)14)20-15(24)11-5-7-12(8-6-11)25-16(17,18)19/h2-10H,1H3,(H,20,24). The number of halogens is 3. The highest BCUT2D eigenvalue weighted by atomic mass is 32.2. The van der Waals surface area contributed by atoms with Crippen LogP contribution < -0.4 is 5.32 Å². The first-order chi connectivity index (χ1) is 11.8. The predicted octanol–water partition coefficient (Wildman–Crippen LogP) is 3.83. The molecule has 0 aliphatic rings. The van der Waals surface area contributed by atoms with Gasteiger partial charge in [0, 0.05) is 16.7 Å². The van der Waals surface area contributed by atoms with Crippen LogP contribution in [0.1, 0.15) is 29.1 Å². The molecule has 0 bridgehead atoms. The number of alkyl halides is 3. The highest BCUT2D eigenvalue weighted by molar-refractivity contribution is 8.00. The van der Waals surface area contributed by atoms with E-state index in [1.54, 1.807) is 23.6 Å². The van der Waals surface area contributed by atoms with Crippen molar-refractivity contribution in [2.75, 3.05) is 0 Å². The van der Waals surface area contributed by atoms with Crippen LogP contribution in [0, 0.1) is 0 Å². The minimum absolute atomic E-state index is 0.0283. The molecule has 2 aromatic heterocycles. The van der Waals surface area contributed by atoms with Gasteiger partial charge in [-0.05, 0) is 55.1 Å². The lowest BCUT2D eigenvalue weighted by Gasteiger charge is -2.13. The molecule has 0 aliphatic carbocycles. The van der Waals surface area contributed by atoms with Gasteiger partial charge in [-0.2, -0.15) is 13.2 Å². The first kappa shape index (κ1) is 17.3. The normalized spacial score (nSPS) is 13.0. The molecule has 25 heavy (non-hydrogen) atoms. The van der Waals surface area contributed by atoms with Gasteiger partial charge in [0.15, 0.2) is 11.5 Å². The molecule has 0 spiro atoms. The maximum atomic E-state index is 12.3. The van der Waals surface area contributed by atoms with Crippen molar-refractivity contribution in [2.45, 2.75) is 23.4 Å². The van der Waals surface area contributed by atoms with Crippen molar-refractivity contribution in [1.82, 2.24) is 19.9 Å². The molecule has 1 N–H and O–H groups in total. The number of nitrogens with zero attached hydrogens (tertiary/aromatic N) is 3. The van der Waals surface area contributed by atoms with Crippen molar-refractivity contribution in [2.24, 2.45) is 0 Å². The van der Waals surface area contributed by atoms with E-state index in [2.05, 4.69) is 15.5 Å². The summed E-state index contributed by atoms with van der Waals surface area (Å²) in [5, 5.41) is 10.9. The Hall–Kier alpha value is -2.55. The lowest BCUT2D eigenvalue weighted by molar-refractivity contribution is -0.0328. The fraction of sp³-hybridized carbons (Fsp3) is 0.188. The van der Waals surface area contributed by atoms with Crippen molar-refractivity contribution < 1.29 is 18.0 Å². The summed E-state index contributed by atoms with van der Waals surface area (Å²) in [6.07, 6.45) is 1.79. The Bertz CT molecular complexity index is 892. The van der Waals surface area contributed by atoms with Crippen LogP contribution >= 0.6 is 11.8 Å². The first-order valence-electron chi connectivity index (χ1n) is 7.30. The molecule has 0 radical (unpaired) electrons. The van der Waals surface area contributed by atoms with Crippen LogP contribution in [0.15, 0.2) is 53.6 Å². The number of rotatable bonds is 4. The van der Waals surface area contributed by atoms with Gasteiger partial charge in [0.25, 0.3) is 5.91 Å². The largest absolute Gasteiger partial charge is 0.446 e. The third kappa shape index (κ3) is 4.11. The second kappa shape index (κ2) is 6.75. The number of hydrogen-bond donors (Lipinski definition) is 1. The molecule has 1 aromatic carbocycles. The highest BCUT2D eigenvalue weighted by Crippen LogP contribution is 2.36. The van der Waals surface area contributed by atoms with E-state index >= 15 is 0 Å². The molecule has 3 aromatic rings. The molecule has 0 saturated heterocycles. The van der Waals surface area contributed by atoms with E-state index in [0.717, 1.165) is 0 Å². The number of benzene rings is 1. The highest BCUT2D eigenvalue weighted by Gasteiger charge is 2.29. The van der Waals surface area contributed by atoms with Gasteiger partial charge in [-0.3, -0.25) is 9.20 Å². The minimum Gasteiger partial charge on any atom is -0.342 e. The third-order valence-corrected chi connectivity index (χ3v) is 4.16. The number of thioether (sulfide) groups is 1. The molecule has 3 rings (SSSR count). The summed E-state index contributed by atoms with van der Waals surface area (Å²) in [6, 6.07) is 10.3. The maximum Gasteiger partial charge on any atom is 0.446 e. The van der Waals surface area contributed by atoms with E-state index in [4.69, 9.17) is 0 Å². The zero-order chi connectivity index (χ0) is 18.0. The van der Waals surface area contributed by atoms with Gasteiger partial charge in [0.05, 0.1) is 6.04 Å². The molecule has 0 aliphatic heterocycles. The van der Waals surface area contributed by atoms with Crippen molar-refractivity contribution in [3.8, 4) is 0 Å². The Kier molecular flexibility index (Phi) is 4.67. The number of amides is 1. The molecular weight excluding hydrogens is 353 g/mol. The van der Waals surface area contributed by atoms with Crippen molar-refractivity contribution in [1.29, 1.82) is 0 Å². The third-order valence-electron chi connectivity index (χ3n) is 3.43. The number of hydrogen-bond acceptors (Lipinski definition) is 4. The van der Waals surface area contributed by atoms with Crippen LogP contribution in [-0.4, -0.2) is 26.0 Å². The van der Waals surface area contributed by atoms with Gasteiger partial charge in [-0.25, -0.2) is 0 Å². The number of fused-ring (bicyclic) bond motifs is 1. The van der Waals surface area contributed by atoms with Gasteiger partial charge in [-0.1, -0.05) is 6.07 Å². The van der Waals surface area contributed by atoms with Crippen LogP contribution in [0.3, 0.4) is 0 Å². The maximum absolute atomic E-state index is 12.3. The molecule has 1 unspecified atom stereocenters. The van der Waals surface area contributed by atoms with Gasteiger partial charge in [0.1, 0.15) is 0 Å². The van der Waals surface area contributed by atoms with Crippen LogP contribution in [-0.2, 0) is 0 Å². The number of carbonyl (C=O) groups is 1. The Morgan fingerprint density at radius 2 is 1.88 bits per heavy atom. The zero-order valence-corrected chi connectivity index (χ0v) is 13.8. The van der Waals surface area contributed by atoms with Crippen molar-refractivity contribution in [3.63, 3.8) is 0 Å². The molecule has 130 valence electrons. The van der Waals surface area contributed by atoms with Gasteiger partial charge in [0.2, 0.25) is 0 Å². The summed E-state index contributed by atoms with van der Waals surface area (Å²) >= 11 is -0.219. The monoisotopic (exact) mass is 366 g/mol. The van der Waals surface area contributed by atoms with E-state index in [1.165, 1.54) is 24.3 Å². The Morgan fingerprint density at radius 3 is 2.56 bits per heavy atom. The van der Waals surface area contributed by atoms with Gasteiger partial charge >= 0.3 is 5.51 Å². The smallest absolute Gasteiger partial charge is 0.342 e. The molecular formula is C16H13F3N4OS. The fourth-order valence-electron chi connectivity index (χ4n) is 2.31. The van der Waals surface area contributed by atoms with Crippen LogP contribution in [0.2, 0.25) is 0 Å². The number of carbonyl (C=O) groups excluding carboxylic acids is 1. The fourth-order valence-corrected chi connectivity index (χ4v) is 2.85. The van der Waals surface area contributed by atoms with Crippen LogP contribution in [0.25, 0.3) is 5.65 Å². The molecule has 9 heteroatoms. The summed E-state index contributed by atoms with van der Waals surface area (Å²) in [5.74, 6) is 0.164. The lowest BCUT2D eigenvalue weighted by atomic mass is 10.2. The molecule has 2 heterocycles. The summed E-state index contributed by atoms with van der Waals surface area (Å²) < 4.78 is 38.7. The van der Waals surface area contributed by atoms with Crippen LogP contribution in [0.4, 0.5) is 13.2 Å². The summed E-state index contributed by atoms with van der Waals surface area (Å²) in [6.45, 7) is 1.76. The minimum atomic E-state index is -4.35. The van der Waals surface area contributed by atoms with E-state index in [0.29, 0.717) is 11.5 Å². The second-order valence-electron chi connectivity index (χ2n) is 5.25. The average molecular weight is 366 g/mol. The predicted molar refractivity (Wildman–Crippen MR) is 87.2 cm³/mol. The van der Waals surface area contributed by atoms with Gasteiger partial charge in [-0.15, -0.1) is 10.2 Å². The summed E-state index contributed by atoms with van der Waals surface area (Å²) in [4.78, 5) is 12.3. The molecule has 0 fully saturated rings. The van der Waals surface area contributed by atoms with E-state index in [9.17, 15) is 18.0 Å². The van der Waals surface area contributed by atoms with E-state index in [-0.39, 0.29) is 22.2 Å². The van der Waals surface area contributed by atoms with Crippen molar-refractivity contribution >= 4 is 23.3 Å². The summed E-state index contributed by atoms with van der Waals surface area (Å²) in [7, 11) is 0. The van der Waals surface area contributed by atoms with Crippen LogP contribution in [0.5, 0.6) is 0 Å². The molecule has 1 amide bonds. The first-order valence-corrected chi connectivity index (χ1v) is 8.11. The summed E-state index contributed by atoms with van der Waals surface area (Å²) in [5.41, 5.74) is -3.42. The van der Waals surface area contributed by atoms with E-state index in [1.807, 2.05) is 12.1 Å². The number of pyridine rings is 1. The Balaban J connectivity index is 1.71. The number of nitrogens with one attached hydrogen (secondary N) is 1.